The second kappa shape index (κ2) is 3.84. The minimum Gasteiger partial charge on any atom is -0.166 e. The largest absolute Gasteiger partial charge is 0.417 e. The Morgan fingerprint density at radius 3 is 1.69 bits per heavy atom. The van der Waals surface area contributed by atoms with Crippen LogP contribution < -0.4 is 0 Å². The van der Waals surface area contributed by atoms with Crippen molar-refractivity contribution in [3.05, 3.63) is 33.8 Å². The van der Waals surface area contributed by atoms with Crippen LogP contribution in [0.15, 0.2) is 12.1 Å². The molecule has 0 radical (unpaired) electrons. The fourth-order valence-electron chi connectivity index (χ4n) is 1.20. The van der Waals surface area contributed by atoms with Crippen molar-refractivity contribution in [3.8, 4) is 0 Å². The highest BCUT2D eigenvalue weighted by molar-refractivity contribution is 6.31. The van der Waals surface area contributed by atoms with Crippen LogP contribution in [-0.2, 0) is 12.4 Å². The van der Waals surface area contributed by atoms with Crippen molar-refractivity contribution in [1.29, 1.82) is 0 Å². The van der Waals surface area contributed by atoms with E-state index in [0.717, 1.165) is 6.92 Å². The average Bonchev–Trinajstić information content (AvgIpc) is 2.04. The van der Waals surface area contributed by atoms with Gasteiger partial charge in [0.15, 0.2) is 0 Å². The van der Waals surface area contributed by atoms with E-state index in [2.05, 4.69) is 0 Å². The molecule has 0 aromatic heterocycles. The van der Waals surface area contributed by atoms with Gasteiger partial charge in [-0.1, -0.05) is 11.6 Å². The van der Waals surface area contributed by atoms with Gasteiger partial charge in [0.2, 0.25) is 0 Å². The molecule has 7 heteroatoms. The fraction of sp³-hybridized carbons (Fsp3) is 0.333. The summed E-state index contributed by atoms with van der Waals surface area (Å²) in [6.07, 6.45) is -9.47. The first-order valence-corrected chi connectivity index (χ1v) is 4.36. The molecule has 0 fully saturated rings. The molecule has 1 aromatic rings. The maximum Gasteiger partial charge on any atom is 0.417 e. The van der Waals surface area contributed by atoms with Crippen LogP contribution >= 0.6 is 11.6 Å². The summed E-state index contributed by atoms with van der Waals surface area (Å²) in [5, 5.41) is -0.953. The Hall–Kier alpha value is -0.910. The molecular weight excluding hydrogens is 258 g/mol. The van der Waals surface area contributed by atoms with Gasteiger partial charge in [-0.2, -0.15) is 26.3 Å². The molecule has 1 rings (SSSR count). The molecule has 0 aliphatic heterocycles. The van der Waals surface area contributed by atoms with E-state index < -0.39 is 34.1 Å². The van der Waals surface area contributed by atoms with Crippen molar-refractivity contribution in [2.45, 2.75) is 19.3 Å². The number of benzene rings is 1. The lowest BCUT2D eigenvalue weighted by Crippen LogP contribution is -2.12. The Morgan fingerprint density at radius 2 is 1.31 bits per heavy atom. The normalized spacial score (nSPS) is 13.0. The smallest absolute Gasteiger partial charge is 0.166 e. The van der Waals surface area contributed by atoms with Crippen LogP contribution in [-0.4, -0.2) is 0 Å². The van der Waals surface area contributed by atoms with Crippen LogP contribution in [0.3, 0.4) is 0 Å². The summed E-state index contributed by atoms with van der Waals surface area (Å²) >= 11 is 5.17. The van der Waals surface area contributed by atoms with Crippen molar-refractivity contribution >= 4 is 11.6 Å². The third-order valence-electron chi connectivity index (χ3n) is 1.92. The van der Waals surface area contributed by atoms with Crippen LogP contribution in [0.5, 0.6) is 0 Å². The number of alkyl halides is 6. The third-order valence-corrected chi connectivity index (χ3v) is 2.24. The number of rotatable bonds is 0. The van der Waals surface area contributed by atoms with Gasteiger partial charge in [0.25, 0.3) is 0 Å². The van der Waals surface area contributed by atoms with E-state index in [1.54, 1.807) is 0 Å². The summed E-state index contributed by atoms with van der Waals surface area (Å²) in [4.78, 5) is 0. The molecule has 1 aromatic carbocycles. The summed E-state index contributed by atoms with van der Waals surface area (Å²) < 4.78 is 73.8. The van der Waals surface area contributed by atoms with Crippen LogP contribution in [0, 0.1) is 6.92 Å². The highest BCUT2D eigenvalue weighted by atomic mass is 35.5. The summed E-state index contributed by atoms with van der Waals surface area (Å²) in [5.41, 5.74) is -2.94. The quantitative estimate of drug-likeness (QED) is 0.595. The third kappa shape index (κ3) is 2.61. The van der Waals surface area contributed by atoms with E-state index in [1.807, 2.05) is 0 Å². The molecule has 0 saturated carbocycles. The molecule has 0 bridgehead atoms. The SMILES string of the molecule is Cc1cc(C(F)(F)F)c(Cl)cc1C(F)(F)F. The van der Waals surface area contributed by atoms with E-state index in [1.165, 1.54) is 0 Å². The van der Waals surface area contributed by atoms with Gasteiger partial charge < -0.3 is 0 Å². The number of aryl methyl sites for hydroxylation is 1. The minimum absolute atomic E-state index is 0.291. The molecule has 0 heterocycles. The lowest BCUT2D eigenvalue weighted by molar-refractivity contribution is -0.141. The van der Waals surface area contributed by atoms with Gasteiger partial charge in [0.05, 0.1) is 16.1 Å². The van der Waals surface area contributed by atoms with Crippen molar-refractivity contribution in [2.75, 3.05) is 0 Å². The van der Waals surface area contributed by atoms with Crippen LogP contribution in [0.1, 0.15) is 16.7 Å². The summed E-state index contributed by atoms with van der Waals surface area (Å²) in [6.45, 7) is 0.953. The summed E-state index contributed by atoms with van der Waals surface area (Å²) in [6, 6.07) is 0.685. The van der Waals surface area contributed by atoms with Crippen molar-refractivity contribution < 1.29 is 26.3 Å². The molecule has 0 unspecified atom stereocenters. The first kappa shape index (κ1) is 13.2. The first-order chi connectivity index (χ1) is 7.03. The van der Waals surface area contributed by atoms with Gasteiger partial charge in [0, 0.05) is 0 Å². The first-order valence-electron chi connectivity index (χ1n) is 3.98. The highest BCUT2D eigenvalue weighted by Gasteiger charge is 2.38. The lowest BCUT2D eigenvalue weighted by Gasteiger charge is -2.15. The van der Waals surface area contributed by atoms with Gasteiger partial charge in [0.1, 0.15) is 0 Å². The zero-order valence-corrected chi connectivity index (χ0v) is 8.56. The molecule has 0 nitrogen and oxygen atoms in total. The van der Waals surface area contributed by atoms with Crippen molar-refractivity contribution in [1.82, 2.24) is 0 Å². The topological polar surface area (TPSA) is 0 Å². The monoisotopic (exact) mass is 262 g/mol. The molecule has 0 N–H and O–H groups in total. The molecule has 16 heavy (non-hydrogen) atoms. The molecule has 90 valence electrons. The summed E-state index contributed by atoms with van der Waals surface area (Å²) in [5.74, 6) is 0. The lowest BCUT2D eigenvalue weighted by atomic mass is 10.0. The Morgan fingerprint density at radius 1 is 0.875 bits per heavy atom. The standard InChI is InChI=1S/C9H5ClF6/c1-4-2-6(9(14,15)16)7(10)3-5(4)8(11,12)13/h2-3H,1H3. The second-order valence-corrected chi connectivity index (χ2v) is 3.55. The Balaban J connectivity index is 3.40. The number of hydrogen-bond acceptors (Lipinski definition) is 0. The average molecular weight is 263 g/mol. The van der Waals surface area contributed by atoms with E-state index >= 15 is 0 Å². The van der Waals surface area contributed by atoms with Crippen molar-refractivity contribution in [2.24, 2.45) is 0 Å². The molecule has 0 amide bonds. The molecule has 0 spiro atoms. The zero-order chi connectivity index (χ0) is 12.7. The highest BCUT2D eigenvalue weighted by Crippen LogP contribution is 2.40. The predicted molar refractivity (Wildman–Crippen MR) is 46.2 cm³/mol. The van der Waals surface area contributed by atoms with Crippen LogP contribution in [0.25, 0.3) is 0 Å². The molecule has 0 aliphatic rings. The van der Waals surface area contributed by atoms with E-state index in [9.17, 15) is 26.3 Å². The fourth-order valence-corrected chi connectivity index (χ4v) is 1.47. The maximum atomic E-state index is 12.3. The Bertz CT molecular complexity index is 364. The van der Waals surface area contributed by atoms with E-state index in [0.29, 0.717) is 12.1 Å². The molecular formula is C9H5ClF6. The van der Waals surface area contributed by atoms with Gasteiger partial charge in [-0.15, -0.1) is 0 Å². The Kier molecular flexibility index (Phi) is 3.15. The summed E-state index contributed by atoms with van der Waals surface area (Å²) in [7, 11) is 0. The molecule has 0 atom stereocenters. The molecule has 0 saturated heterocycles. The van der Waals surface area contributed by atoms with E-state index in [4.69, 9.17) is 11.6 Å². The zero-order valence-electron chi connectivity index (χ0n) is 7.80. The Labute approximate surface area is 91.8 Å². The maximum absolute atomic E-state index is 12.3. The van der Waals surface area contributed by atoms with Crippen LogP contribution in [0.2, 0.25) is 5.02 Å². The van der Waals surface area contributed by atoms with Crippen molar-refractivity contribution in [3.63, 3.8) is 0 Å². The van der Waals surface area contributed by atoms with Gasteiger partial charge in [-0.05, 0) is 24.6 Å². The van der Waals surface area contributed by atoms with Crippen LogP contribution in [0.4, 0.5) is 26.3 Å². The second-order valence-electron chi connectivity index (χ2n) is 3.14. The van der Waals surface area contributed by atoms with Gasteiger partial charge in [-0.25, -0.2) is 0 Å². The number of hydrogen-bond donors (Lipinski definition) is 0. The van der Waals surface area contributed by atoms with Gasteiger partial charge >= 0.3 is 12.4 Å². The number of halogens is 7. The molecule has 0 aliphatic carbocycles. The predicted octanol–water partition coefficient (Wildman–Crippen LogP) is 4.69. The van der Waals surface area contributed by atoms with E-state index in [-0.39, 0.29) is 0 Å². The van der Waals surface area contributed by atoms with Gasteiger partial charge in [-0.3, -0.25) is 0 Å². The minimum atomic E-state index is -4.76.